The molecule has 1 aromatic rings. The quantitative estimate of drug-likeness (QED) is 0.875. The zero-order chi connectivity index (χ0) is 15.9. The highest BCUT2D eigenvalue weighted by Crippen LogP contribution is 2.28. The molecule has 1 heterocycles. The van der Waals surface area contributed by atoms with Crippen LogP contribution in [0.4, 0.5) is 0 Å². The molecule has 0 bridgehead atoms. The van der Waals surface area contributed by atoms with Crippen LogP contribution in [0.1, 0.15) is 66.1 Å². The van der Waals surface area contributed by atoms with E-state index in [1.807, 2.05) is 13.0 Å². The fourth-order valence-corrected chi connectivity index (χ4v) is 3.85. The molecule has 1 aromatic heterocycles. The molecule has 1 atom stereocenters. The number of nitrogens with one attached hydrogen (secondary N) is 2. The van der Waals surface area contributed by atoms with Gasteiger partial charge in [0.2, 0.25) is 5.91 Å². The molecule has 122 valence electrons. The molecule has 0 aromatic carbocycles. The largest absolute Gasteiger partial charge is 0.354 e. The Morgan fingerprint density at radius 3 is 2.68 bits per heavy atom. The van der Waals surface area contributed by atoms with Crippen molar-refractivity contribution in [2.75, 3.05) is 6.54 Å². The van der Waals surface area contributed by atoms with Gasteiger partial charge in [-0.1, -0.05) is 19.8 Å². The number of aryl methyl sites for hydroxylation is 2. The minimum absolute atomic E-state index is 0.120. The van der Waals surface area contributed by atoms with Gasteiger partial charge >= 0.3 is 0 Å². The van der Waals surface area contributed by atoms with Crippen LogP contribution in [0.5, 0.6) is 0 Å². The molecule has 0 fully saturated rings. The molecule has 0 saturated heterocycles. The van der Waals surface area contributed by atoms with E-state index in [2.05, 4.69) is 10.6 Å². The number of fused-ring (bicyclic) bond motifs is 1. The number of thiophene rings is 1. The molecule has 0 spiro atoms. The second-order valence-corrected chi connectivity index (χ2v) is 7.10. The number of carbonyl (C=O) groups excluding carboxylic acids is 2. The van der Waals surface area contributed by atoms with E-state index < -0.39 is 6.04 Å². The average molecular weight is 322 g/mol. The monoisotopic (exact) mass is 322 g/mol. The maximum absolute atomic E-state index is 12.3. The lowest BCUT2D eigenvalue weighted by atomic mass is 10.00. The third-order valence-corrected chi connectivity index (χ3v) is 5.25. The summed E-state index contributed by atoms with van der Waals surface area (Å²) >= 11 is 1.59. The summed E-state index contributed by atoms with van der Waals surface area (Å²) in [4.78, 5) is 26.3. The lowest BCUT2D eigenvalue weighted by Gasteiger charge is -2.12. The van der Waals surface area contributed by atoms with Gasteiger partial charge in [-0.3, -0.25) is 9.59 Å². The molecule has 22 heavy (non-hydrogen) atoms. The van der Waals surface area contributed by atoms with Crippen molar-refractivity contribution < 1.29 is 9.59 Å². The first-order chi connectivity index (χ1) is 10.6. The molecule has 1 aliphatic carbocycles. The maximum atomic E-state index is 12.3. The first-order valence-corrected chi connectivity index (χ1v) is 9.13. The zero-order valence-electron chi connectivity index (χ0n) is 13.5. The van der Waals surface area contributed by atoms with Crippen LogP contribution < -0.4 is 10.6 Å². The van der Waals surface area contributed by atoms with Gasteiger partial charge in [-0.15, -0.1) is 11.3 Å². The molecule has 0 aliphatic heterocycles. The summed E-state index contributed by atoms with van der Waals surface area (Å²) in [6, 6.07) is 1.53. The van der Waals surface area contributed by atoms with Crippen LogP contribution in [-0.4, -0.2) is 24.4 Å². The van der Waals surface area contributed by atoms with E-state index >= 15 is 0 Å². The molecule has 0 saturated carbocycles. The minimum Gasteiger partial charge on any atom is -0.354 e. The predicted molar refractivity (Wildman–Crippen MR) is 90.4 cm³/mol. The van der Waals surface area contributed by atoms with Gasteiger partial charge in [0, 0.05) is 11.4 Å². The van der Waals surface area contributed by atoms with Crippen molar-refractivity contribution in [2.45, 2.75) is 64.8 Å². The summed E-state index contributed by atoms with van der Waals surface area (Å²) < 4.78 is 0. The van der Waals surface area contributed by atoms with Gasteiger partial charge in [0.15, 0.2) is 0 Å². The number of hydrogen-bond donors (Lipinski definition) is 2. The summed E-state index contributed by atoms with van der Waals surface area (Å²) in [5.74, 6) is -0.249. The minimum atomic E-state index is -0.497. The van der Waals surface area contributed by atoms with Gasteiger partial charge < -0.3 is 10.6 Å². The van der Waals surface area contributed by atoms with Crippen LogP contribution >= 0.6 is 11.3 Å². The lowest BCUT2D eigenvalue weighted by Crippen LogP contribution is -2.44. The Morgan fingerprint density at radius 2 is 1.95 bits per heavy atom. The molecular weight excluding hydrogens is 296 g/mol. The van der Waals surface area contributed by atoms with E-state index in [-0.39, 0.29) is 11.8 Å². The van der Waals surface area contributed by atoms with Crippen molar-refractivity contribution in [3.05, 3.63) is 21.4 Å². The fourth-order valence-electron chi connectivity index (χ4n) is 2.69. The second-order valence-electron chi connectivity index (χ2n) is 5.96. The van der Waals surface area contributed by atoms with E-state index in [0.717, 1.165) is 24.1 Å². The van der Waals surface area contributed by atoms with Crippen molar-refractivity contribution in [2.24, 2.45) is 0 Å². The summed E-state index contributed by atoms with van der Waals surface area (Å²) in [6.45, 7) is 4.38. The third-order valence-electron chi connectivity index (χ3n) is 4.01. The van der Waals surface area contributed by atoms with Crippen LogP contribution in [0, 0.1) is 0 Å². The Labute approximate surface area is 136 Å². The standard InChI is InChI=1S/C17H26N2O2S/c1-3-10-18-16(20)12(2)19-17(21)15-11-13-8-6-4-5-7-9-14(13)22-15/h11-12H,3-10H2,1-2H3,(H,18,20)(H,19,21)/t12-/m0/s1. The Morgan fingerprint density at radius 1 is 1.23 bits per heavy atom. The van der Waals surface area contributed by atoms with E-state index in [1.165, 1.54) is 36.1 Å². The van der Waals surface area contributed by atoms with Crippen molar-refractivity contribution >= 4 is 23.2 Å². The first kappa shape index (κ1) is 17.0. The summed E-state index contributed by atoms with van der Waals surface area (Å²) in [6.07, 6.45) is 8.04. The van der Waals surface area contributed by atoms with E-state index in [9.17, 15) is 9.59 Å². The first-order valence-electron chi connectivity index (χ1n) is 8.32. The Balaban J connectivity index is 1.97. The SMILES string of the molecule is CCCNC(=O)[C@H](C)NC(=O)c1cc2c(s1)CCCCCC2. The number of hydrogen-bond acceptors (Lipinski definition) is 3. The van der Waals surface area contributed by atoms with Gasteiger partial charge in [0.25, 0.3) is 5.91 Å². The van der Waals surface area contributed by atoms with Crippen LogP contribution in [0.2, 0.25) is 0 Å². The summed E-state index contributed by atoms with van der Waals surface area (Å²) in [5, 5.41) is 5.61. The van der Waals surface area contributed by atoms with Gasteiger partial charge in [0.05, 0.1) is 4.88 Å². The molecule has 5 heteroatoms. The van der Waals surface area contributed by atoms with Gasteiger partial charge in [-0.25, -0.2) is 0 Å². The molecule has 1 aliphatic rings. The molecule has 0 radical (unpaired) electrons. The van der Waals surface area contributed by atoms with Crippen molar-refractivity contribution in [3.8, 4) is 0 Å². The fraction of sp³-hybridized carbons (Fsp3) is 0.647. The smallest absolute Gasteiger partial charge is 0.262 e. The van der Waals surface area contributed by atoms with Gasteiger partial charge in [-0.05, 0) is 50.7 Å². The molecule has 2 N–H and O–H groups in total. The van der Waals surface area contributed by atoms with Crippen LogP contribution in [0.15, 0.2) is 6.07 Å². The Hall–Kier alpha value is -1.36. The predicted octanol–water partition coefficient (Wildman–Crippen LogP) is 3.05. The molecule has 4 nitrogen and oxygen atoms in total. The second kappa shape index (κ2) is 8.32. The van der Waals surface area contributed by atoms with Crippen molar-refractivity contribution in [3.63, 3.8) is 0 Å². The highest BCUT2D eigenvalue weighted by Gasteiger charge is 2.19. The molecule has 0 unspecified atom stereocenters. The Kier molecular flexibility index (Phi) is 6.43. The van der Waals surface area contributed by atoms with E-state index in [4.69, 9.17) is 0 Å². The topological polar surface area (TPSA) is 58.2 Å². The molecule has 2 rings (SSSR count). The van der Waals surface area contributed by atoms with E-state index in [1.54, 1.807) is 18.3 Å². The third kappa shape index (κ3) is 4.57. The van der Waals surface area contributed by atoms with E-state index in [0.29, 0.717) is 6.54 Å². The lowest BCUT2D eigenvalue weighted by molar-refractivity contribution is -0.122. The number of carbonyl (C=O) groups is 2. The van der Waals surface area contributed by atoms with Crippen molar-refractivity contribution in [1.29, 1.82) is 0 Å². The highest BCUT2D eigenvalue weighted by molar-refractivity contribution is 7.14. The van der Waals surface area contributed by atoms with Crippen LogP contribution in [0.3, 0.4) is 0 Å². The normalized spacial score (nSPS) is 16.1. The van der Waals surface area contributed by atoms with Gasteiger partial charge in [0.1, 0.15) is 6.04 Å². The number of amides is 2. The van der Waals surface area contributed by atoms with Crippen molar-refractivity contribution in [1.82, 2.24) is 10.6 Å². The Bertz CT molecular complexity index is 499. The zero-order valence-corrected chi connectivity index (χ0v) is 14.4. The molecular formula is C17H26N2O2S. The summed E-state index contributed by atoms with van der Waals surface area (Å²) in [7, 11) is 0. The van der Waals surface area contributed by atoms with Gasteiger partial charge in [-0.2, -0.15) is 0 Å². The summed E-state index contributed by atoms with van der Waals surface area (Å²) in [5.41, 5.74) is 1.33. The average Bonchev–Trinajstić information content (AvgIpc) is 2.87. The highest BCUT2D eigenvalue weighted by atomic mass is 32.1. The van der Waals surface area contributed by atoms with Crippen LogP contribution in [0.25, 0.3) is 0 Å². The van der Waals surface area contributed by atoms with Crippen LogP contribution in [-0.2, 0) is 17.6 Å². The molecule has 2 amide bonds. The maximum Gasteiger partial charge on any atom is 0.262 e. The number of rotatable bonds is 5.